The molecule has 17 heavy (non-hydrogen) atoms. The van der Waals surface area contributed by atoms with Gasteiger partial charge in [0, 0.05) is 20.2 Å². The molecule has 8 heteroatoms. The summed E-state index contributed by atoms with van der Waals surface area (Å²) in [7, 11) is 2.91. The number of amides is 1. The van der Waals surface area contributed by atoms with E-state index in [1.165, 1.54) is 19.0 Å². The minimum Gasteiger partial charge on any atom is -0.358 e. The third-order valence-electron chi connectivity index (χ3n) is 2.07. The molecule has 1 rings (SSSR count). The van der Waals surface area contributed by atoms with E-state index in [0.717, 1.165) is 0 Å². The zero-order valence-corrected chi connectivity index (χ0v) is 9.42. The summed E-state index contributed by atoms with van der Waals surface area (Å²) in [6.45, 7) is -0.101. The summed E-state index contributed by atoms with van der Waals surface area (Å²) in [5.41, 5.74) is 2.01. The summed E-state index contributed by atoms with van der Waals surface area (Å²) in [5.74, 6) is 2.49. The molecule has 4 N–H and O–H groups in total. The van der Waals surface area contributed by atoms with Gasteiger partial charge in [-0.2, -0.15) is 0 Å². The van der Waals surface area contributed by atoms with Crippen LogP contribution in [0.5, 0.6) is 0 Å². The first kappa shape index (κ1) is 13.1. The topological polar surface area (TPSA) is 83.3 Å². The second-order valence-corrected chi connectivity index (χ2v) is 3.30. The third kappa shape index (κ3) is 3.00. The second kappa shape index (κ2) is 5.39. The van der Waals surface area contributed by atoms with E-state index >= 15 is 0 Å². The lowest BCUT2D eigenvalue weighted by Crippen LogP contribution is -2.34. The van der Waals surface area contributed by atoms with Gasteiger partial charge in [0.2, 0.25) is 5.91 Å². The number of nitrogens with two attached hydrogens (primary N) is 1. The van der Waals surface area contributed by atoms with Crippen molar-refractivity contribution in [3.8, 4) is 0 Å². The number of pyridine rings is 1. The number of rotatable bonds is 4. The molecule has 0 aliphatic carbocycles. The van der Waals surface area contributed by atoms with E-state index in [2.05, 4.69) is 10.3 Å². The van der Waals surface area contributed by atoms with E-state index < -0.39 is 11.6 Å². The van der Waals surface area contributed by atoms with Gasteiger partial charge < -0.3 is 15.6 Å². The molecule has 1 amide bonds. The molecule has 1 heterocycles. The molecule has 6 nitrogen and oxygen atoms in total. The molecule has 0 radical (unpaired) electrons. The maximum atomic E-state index is 13.4. The van der Waals surface area contributed by atoms with Crippen molar-refractivity contribution in [1.29, 1.82) is 0 Å². The highest BCUT2D eigenvalue weighted by Gasteiger charge is 2.16. The van der Waals surface area contributed by atoms with Gasteiger partial charge in [-0.05, 0) is 0 Å². The molecule has 0 saturated heterocycles. The van der Waals surface area contributed by atoms with Crippen LogP contribution in [0, 0.1) is 11.6 Å². The van der Waals surface area contributed by atoms with Gasteiger partial charge in [0.15, 0.2) is 23.3 Å². The minimum absolute atomic E-state index is 0.101. The summed E-state index contributed by atoms with van der Waals surface area (Å²) >= 11 is 0. The number of hydrazine groups is 1. The van der Waals surface area contributed by atoms with Gasteiger partial charge in [-0.3, -0.25) is 4.79 Å². The van der Waals surface area contributed by atoms with Gasteiger partial charge in [-0.15, -0.1) is 0 Å². The van der Waals surface area contributed by atoms with E-state index in [4.69, 9.17) is 5.84 Å². The smallest absolute Gasteiger partial charge is 0.239 e. The summed E-state index contributed by atoms with van der Waals surface area (Å²) in [4.78, 5) is 16.0. The summed E-state index contributed by atoms with van der Waals surface area (Å²) < 4.78 is 26.5. The Bertz CT molecular complexity index is 426. The first-order chi connectivity index (χ1) is 7.99. The van der Waals surface area contributed by atoms with Crippen LogP contribution in [0.3, 0.4) is 0 Å². The van der Waals surface area contributed by atoms with Crippen molar-refractivity contribution < 1.29 is 13.6 Å². The van der Waals surface area contributed by atoms with E-state index in [9.17, 15) is 13.6 Å². The number of nitrogens with one attached hydrogen (secondary N) is 2. The highest BCUT2D eigenvalue weighted by molar-refractivity contribution is 5.80. The number of carbonyl (C=O) groups excluding carboxylic acids is 1. The Labute approximate surface area is 96.8 Å². The van der Waals surface area contributed by atoms with Crippen LogP contribution in [0.15, 0.2) is 6.07 Å². The number of nitrogens with zero attached hydrogens (tertiary/aromatic N) is 2. The van der Waals surface area contributed by atoms with Gasteiger partial charge in [-0.1, -0.05) is 0 Å². The Morgan fingerprint density at radius 1 is 1.53 bits per heavy atom. The lowest BCUT2D eigenvalue weighted by molar-refractivity contribution is -0.119. The zero-order valence-electron chi connectivity index (χ0n) is 9.42. The van der Waals surface area contributed by atoms with Crippen molar-refractivity contribution >= 4 is 17.5 Å². The average Bonchev–Trinajstić information content (AvgIpc) is 2.28. The molecule has 0 aliphatic rings. The summed E-state index contributed by atoms with van der Waals surface area (Å²) in [6, 6.07) is 0.651. The Balaban J connectivity index is 3.00. The SMILES string of the molecule is CNC(=O)CN(C)c1nc(NN)c(F)cc1F. The van der Waals surface area contributed by atoms with Crippen LogP contribution in [0.1, 0.15) is 0 Å². The van der Waals surface area contributed by atoms with Crippen LogP contribution in [0.25, 0.3) is 0 Å². The minimum atomic E-state index is -0.901. The van der Waals surface area contributed by atoms with Crippen LogP contribution in [0.4, 0.5) is 20.4 Å². The Kier molecular flexibility index (Phi) is 4.16. The first-order valence-electron chi connectivity index (χ1n) is 4.74. The number of likely N-dealkylation sites (N-methyl/N-ethyl adjacent to an activating group) is 2. The fourth-order valence-corrected chi connectivity index (χ4v) is 1.20. The van der Waals surface area contributed by atoms with Crippen molar-refractivity contribution in [3.63, 3.8) is 0 Å². The average molecular weight is 245 g/mol. The molecule has 0 atom stereocenters. The Morgan fingerprint density at radius 3 is 2.71 bits per heavy atom. The van der Waals surface area contributed by atoms with Gasteiger partial charge in [-0.25, -0.2) is 19.6 Å². The number of nitrogen functional groups attached to an aromatic ring is 1. The molecule has 94 valence electrons. The molecule has 0 spiro atoms. The molecular formula is C9H13F2N5O. The molecule has 1 aromatic heterocycles. The largest absolute Gasteiger partial charge is 0.358 e. The first-order valence-corrected chi connectivity index (χ1v) is 4.74. The lowest BCUT2D eigenvalue weighted by Gasteiger charge is -2.18. The second-order valence-electron chi connectivity index (χ2n) is 3.30. The molecule has 1 aromatic rings. The van der Waals surface area contributed by atoms with Crippen molar-refractivity contribution in [1.82, 2.24) is 10.3 Å². The monoisotopic (exact) mass is 245 g/mol. The van der Waals surface area contributed by atoms with Crippen molar-refractivity contribution in [3.05, 3.63) is 17.7 Å². The van der Waals surface area contributed by atoms with Crippen molar-refractivity contribution in [2.75, 3.05) is 31.0 Å². The van der Waals surface area contributed by atoms with Crippen LogP contribution >= 0.6 is 0 Å². The third-order valence-corrected chi connectivity index (χ3v) is 2.07. The highest BCUT2D eigenvalue weighted by atomic mass is 19.1. The standard InChI is InChI=1S/C9H13F2N5O/c1-13-7(17)4-16(2)9-6(11)3-5(10)8(14-9)15-12/h3H,4,12H2,1-2H3,(H,13,17)(H,14,15). The molecule has 0 aromatic carbocycles. The fraction of sp³-hybridized carbons (Fsp3) is 0.333. The van der Waals surface area contributed by atoms with Crippen LogP contribution in [-0.4, -0.2) is 31.5 Å². The van der Waals surface area contributed by atoms with Gasteiger partial charge in [0.05, 0.1) is 6.54 Å². The highest BCUT2D eigenvalue weighted by Crippen LogP contribution is 2.20. The van der Waals surface area contributed by atoms with Gasteiger partial charge in [0.1, 0.15) is 0 Å². The number of hydrogen-bond donors (Lipinski definition) is 3. The van der Waals surface area contributed by atoms with Crippen LogP contribution in [0.2, 0.25) is 0 Å². The lowest BCUT2D eigenvalue weighted by atomic mass is 10.3. The van der Waals surface area contributed by atoms with Crippen LogP contribution in [-0.2, 0) is 4.79 Å². The molecule has 0 unspecified atom stereocenters. The number of carbonyl (C=O) groups is 1. The Hall–Kier alpha value is -1.96. The van der Waals surface area contributed by atoms with Crippen molar-refractivity contribution in [2.24, 2.45) is 5.84 Å². The van der Waals surface area contributed by atoms with E-state index in [1.807, 2.05) is 5.43 Å². The number of anilines is 2. The maximum Gasteiger partial charge on any atom is 0.239 e. The van der Waals surface area contributed by atoms with Gasteiger partial charge in [0.25, 0.3) is 0 Å². The molecule has 0 saturated carbocycles. The van der Waals surface area contributed by atoms with Gasteiger partial charge >= 0.3 is 0 Å². The number of aromatic nitrogens is 1. The quantitative estimate of drug-likeness (QED) is 0.506. The van der Waals surface area contributed by atoms with E-state index in [-0.39, 0.29) is 24.1 Å². The summed E-state index contributed by atoms with van der Waals surface area (Å²) in [5, 5.41) is 2.38. The predicted octanol–water partition coefficient (Wildman–Crippen LogP) is -0.172. The Morgan fingerprint density at radius 2 is 2.18 bits per heavy atom. The van der Waals surface area contributed by atoms with Crippen LogP contribution < -0.4 is 21.5 Å². The normalized spacial score (nSPS) is 9.94. The molecule has 0 fully saturated rings. The van der Waals surface area contributed by atoms with E-state index in [0.29, 0.717) is 6.07 Å². The van der Waals surface area contributed by atoms with E-state index in [1.54, 1.807) is 0 Å². The summed E-state index contributed by atoms with van der Waals surface area (Å²) in [6.07, 6.45) is 0. The molecule has 0 aliphatic heterocycles. The number of hydrogen-bond acceptors (Lipinski definition) is 5. The number of halogens is 2. The molecular weight excluding hydrogens is 232 g/mol. The molecule has 0 bridgehead atoms. The fourth-order valence-electron chi connectivity index (χ4n) is 1.20. The maximum absolute atomic E-state index is 13.4. The zero-order chi connectivity index (χ0) is 13.0. The predicted molar refractivity (Wildman–Crippen MR) is 59.3 cm³/mol. The van der Waals surface area contributed by atoms with Crippen molar-refractivity contribution in [2.45, 2.75) is 0 Å².